The van der Waals surface area contributed by atoms with Crippen LogP contribution in [0.1, 0.15) is 24.8 Å². The van der Waals surface area contributed by atoms with Gasteiger partial charge in [0.05, 0.1) is 0 Å². The van der Waals surface area contributed by atoms with Crippen molar-refractivity contribution in [2.75, 3.05) is 38.6 Å². The van der Waals surface area contributed by atoms with E-state index in [0.717, 1.165) is 30.9 Å². The summed E-state index contributed by atoms with van der Waals surface area (Å²) in [5.74, 6) is 1.22. The number of pyridine rings is 1. The number of likely N-dealkylation sites (tertiary alicyclic amines) is 1. The number of carbonyl (C=O) groups excluding carboxylic acids is 1. The number of urea groups is 1. The minimum Gasteiger partial charge on any atom is -0.363 e. The van der Waals surface area contributed by atoms with Crippen molar-refractivity contribution in [3.63, 3.8) is 0 Å². The van der Waals surface area contributed by atoms with E-state index in [9.17, 15) is 4.79 Å². The molecule has 1 fully saturated rings. The summed E-state index contributed by atoms with van der Waals surface area (Å²) in [6, 6.07) is 4.13. The van der Waals surface area contributed by atoms with Crippen molar-refractivity contribution >= 4 is 11.8 Å². The largest absolute Gasteiger partial charge is 0.363 e. The van der Waals surface area contributed by atoms with Gasteiger partial charge in [0, 0.05) is 45.8 Å². The van der Waals surface area contributed by atoms with Crippen LogP contribution in [0.4, 0.5) is 10.6 Å². The molecule has 104 valence electrons. The van der Waals surface area contributed by atoms with Gasteiger partial charge in [-0.15, -0.1) is 0 Å². The van der Waals surface area contributed by atoms with Gasteiger partial charge in [-0.1, -0.05) is 13.0 Å². The van der Waals surface area contributed by atoms with E-state index in [1.165, 1.54) is 0 Å². The SMILES string of the molecule is CC(CNC(=O)N1CCC1)c1ccc(N(C)C)nc1. The van der Waals surface area contributed by atoms with Crippen molar-refractivity contribution in [2.24, 2.45) is 0 Å². The molecule has 0 saturated carbocycles. The summed E-state index contributed by atoms with van der Waals surface area (Å²) in [7, 11) is 3.94. The van der Waals surface area contributed by atoms with Crippen LogP contribution in [0.25, 0.3) is 0 Å². The summed E-state index contributed by atoms with van der Waals surface area (Å²) in [6.07, 6.45) is 3.01. The lowest BCUT2D eigenvalue weighted by molar-refractivity contribution is 0.167. The quantitative estimate of drug-likeness (QED) is 0.898. The Morgan fingerprint density at radius 3 is 2.68 bits per heavy atom. The van der Waals surface area contributed by atoms with Crippen LogP contribution in [0.3, 0.4) is 0 Å². The number of amides is 2. The van der Waals surface area contributed by atoms with Crippen molar-refractivity contribution in [3.05, 3.63) is 23.9 Å². The highest BCUT2D eigenvalue weighted by atomic mass is 16.2. The Labute approximate surface area is 114 Å². The van der Waals surface area contributed by atoms with E-state index in [-0.39, 0.29) is 11.9 Å². The Balaban J connectivity index is 1.84. The van der Waals surface area contributed by atoms with Gasteiger partial charge >= 0.3 is 6.03 Å². The Kier molecular flexibility index (Phi) is 4.24. The molecule has 1 aromatic rings. The van der Waals surface area contributed by atoms with Gasteiger partial charge in [0.25, 0.3) is 0 Å². The monoisotopic (exact) mass is 262 g/mol. The molecule has 0 aliphatic carbocycles. The second-order valence-electron chi connectivity index (χ2n) is 5.27. The minimum absolute atomic E-state index is 0.0518. The predicted molar refractivity (Wildman–Crippen MR) is 76.6 cm³/mol. The normalized spacial score (nSPS) is 15.6. The molecule has 0 aromatic carbocycles. The van der Waals surface area contributed by atoms with Crippen LogP contribution in [0, 0.1) is 0 Å². The molecule has 19 heavy (non-hydrogen) atoms. The Hall–Kier alpha value is -1.78. The summed E-state index contributed by atoms with van der Waals surface area (Å²) >= 11 is 0. The Bertz CT molecular complexity index is 426. The zero-order valence-electron chi connectivity index (χ0n) is 11.9. The third kappa shape index (κ3) is 3.36. The smallest absolute Gasteiger partial charge is 0.317 e. The number of nitrogens with one attached hydrogen (secondary N) is 1. The highest BCUT2D eigenvalue weighted by Crippen LogP contribution is 2.16. The minimum atomic E-state index is 0.0518. The number of hydrogen-bond acceptors (Lipinski definition) is 3. The lowest BCUT2D eigenvalue weighted by Gasteiger charge is -2.31. The van der Waals surface area contributed by atoms with Crippen molar-refractivity contribution in [3.8, 4) is 0 Å². The first-order valence-corrected chi connectivity index (χ1v) is 6.74. The molecule has 1 atom stereocenters. The summed E-state index contributed by atoms with van der Waals surface area (Å²) < 4.78 is 0. The molecular weight excluding hydrogens is 240 g/mol. The van der Waals surface area contributed by atoms with Crippen LogP contribution in [0.15, 0.2) is 18.3 Å². The third-order valence-corrected chi connectivity index (χ3v) is 3.50. The molecule has 2 amide bonds. The molecule has 5 heteroatoms. The van der Waals surface area contributed by atoms with E-state index in [0.29, 0.717) is 6.54 Å². The number of carbonyl (C=O) groups is 1. The zero-order valence-corrected chi connectivity index (χ0v) is 11.9. The van der Waals surface area contributed by atoms with Crippen molar-refractivity contribution < 1.29 is 4.79 Å². The topological polar surface area (TPSA) is 48.5 Å². The van der Waals surface area contributed by atoms with Gasteiger partial charge in [-0.05, 0) is 18.1 Å². The fourth-order valence-corrected chi connectivity index (χ4v) is 1.94. The number of anilines is 1. The Morgan fingerprint density at radius 2 is 2.21 bits per heavy atom. The molecule has 1 N–H and O–H groups in total. The molecule has 1 saturated heterocycles. The second-order valence-corrected chi connectivity index (χ2v) is 5.27. The van der Waals surface area contributed by atoms with Crippen LogP contribution in [-0.2, 0) is 0 Å². The zero-order chi connectivity index (χ0) is 13.8. The lowest BCUT2D eigenvalue weighted by Crippen LogP contribution is -2.48. The van der Waals surface area contributed by atoms with Crippen LogP contribution in [0.5, 0.6) is 0 Å². The number of hydrogen-bond donors (Lipinski definition) is 1. The van der Waals surface area contributed by atoms with Gasteiger partial charge in [-0.25, -0.2) is 9.78 Å². The fourth-order valence-electron chi connectivity index (χ4n) is 1.94. The van der Waals surface area contributed by atoms with E-state index < -0.39 is 0 Å². The molecule has 0 bridgehead atoms. The maximum absolute atomic E-state index is 11.7. The molecular formula is C14H22N4O. The van der Waals surface area contributed by atoms with Gasteiger partial charge in [-0.2, -0.15) is 0 Å². The van der Waals surface area contributed by atoms with Gasteiger partial charge in [-0.3, -0.25) is 0 Å². The van der Waals surface area contributed by atoms with Gasteiger partial charge in [0.2, 0.25) is 0 Å². The first-order valence-electron chi connectivity index (χ1n) is 6.74. The average Bonchev–Trinajstić information content (AvgIpc) is 2.34. The van der Waals surface area contributed by atoms with Crippen LogP contribution in [-0.4, -0.2) is 49.6 Å². The molecule has 5 nitrogen and oxygen atoms in total. The van der Waals surface area contributed by atoms with E-state index in [2.05, 4.69) is 23.3 Å². The van der Waals surface area contributed by atoms with Gasteiger partial charge < -0.3 is 15.1 Å². The lowest BCUT2D eigenvalue weighted by atomic mass is 10.0. The number of rotatable bonds is 4. The number of nitrogens with zero attached hydrogens (tertiary/aromatic N) is 3. The van der Waals surface area contributed by atoms with Gasteiger partial charge in [0.1, 0.15) is 5.82 Å². The maximum Gasteiger partial charge on any atom is 0.317 e. The average molecular weight is 262 g/mol. The number of aromatic nitrogens is 1. The first kappa shape index (κ1) is 13.6. The van der Waals surface area contributed by atoms with E-state index in [4.69, 9.17) is 0 Å². The summed E-state index contributed by atoms with van der Waals surface area (Å²) in [6.45, 7) is 4.53. The summed E-state index contributed by atoms with van der Waals surface area (Å²) in [5.41, 5.74) is 1.15. The molecule has 0 spiro atoms. The molecule has 2 rings (SSSR count). The van der Waals surface area contributed by atoms with Crippen LogP contribution in [0.2, 0.25) is 0 Å². The summed E-state index contributed by atoms with van der Waals surface area (Å²) in [5, 5.41) is 2.97. The van der Waals surface area contributed by atoms with E-state index in [1.54, 1.807) is 0 Å². The molecule has 1 unspecified atom stereocenters. The maximum atomic E-state index is 11.7. The molecule has 0 radical (unpaired) electrons. The first-order chi connectivity index (χ1) is 9.08. The fraction of sp³-hybridized carbons (Fsp3) is 0.571. The Morgan fingerprint density at radius 1 is 1.47 bits per heavy atom. The highest BCUT2D eigenvalue weighted by Gasteiger charge is 2.20. The molecule has 1 aliphatic rings. The predicted octanol–water partition coefficient (Wildman–Crippen LogP) is 1.67. The van der Waals surface area contributed by atoms with Crippen molar-refractivity contribution in [1.29, 1.82) is 0 Å². The van der Waals surface area contributed by atoms with Crippen LogP contribution < -0.4 is 10.2 Å². The van der Waals surface area contributed by atoms with Gasteiger partial charge in [0.15, 0.2) is 0 Å². The second kappa shape index (κ2) is 5.91. The molecule has 1 aromatic heterocycles. The third-order valence-electron chi connectivity index (χ3n) is 3.50. The van der Waals surface area contributed by atoms with E-state index in [1.807, 2.05) is 36.2 Å². The highest BCUT2D eigenvalue weighted by molar-refractivity contribution is 5.74. The van der Waals surface area contributed by atoms with Crippen molar-refractivity contribution in [2.45, 2.75) is 19.3 Å². The standard InChI is InChI=1S/C14H22N4O/c1-11(9-16-14(19)18-7-4-8-18)12-5-6-13(15-10-12)17(2)3/h5-6,10-11H,4,7-9H2,1-3H3,(H,16,19). The van der Waals surface area contributed by atoms with Crippen molar-refractivity contribution in [1.82, 2.24) is 15.2 Å². The molecule has 2 heterocycles. The van der Waals surface area contributed by atoms with E-state index >= 15 is 0 Å². The van der Waals surface area contributed by atoms with Crippen LogP contribution >= 0.6 is 0 Å². The summed E-state index contributed by atoms with van der Waals surface area (Å²) in [4.78, 5) is 19.9. The molecule has 1 aliphatic heterocycles.